The Kier molecular flexibility index (Phi) is 8.96. The number of nitrogens with zero attached hydrogens (tertiary/aromatic N) is 1. The highest BCUT2D eigenvalue weighted by Gasteiger charge is 2.30. The summed E-state index contributed by atoms with van der Waals surface area (Å²) in [6.45, 7) is 2.86. The number of H-pyrrole nitrogens is 1. The molecule has 0 aliphatic heterocycles. The minimum absolute atomic E-state index is 0.120. The van der Waals surface area contributed by atoms with E-state index in [0.29, 0.717) is 52.8 Å². The fourth-order valence-corrected chi connectivity index (χ4v) is 4.29. The molecule has 4 rings (SSSR count). The Labute approximate surface area is 233 Å². The number of fused-ring (bicyclic) bond motifs is 1. The summed E-state index contributed by atoms with van der Waals surface area (Å²) in [5.74, 6) is -0.854. The number of hydrogen-bond donors (Lipinski definition) is 4. The molecule has 210 valence electrons. The van der Waals surface area contributed by atoms with E-state index in [1.807, 2.05) is 0 Å². The largest absolute Gasteiger partial charge is 0.393 e. The van der Waals surface area contributed by atoms with Gasteiger partial charge in [0.05, 0.1) is 17.5 Å². The molecule has 0 aliphatic rings. The topological polar surface area (TPSA) is 108 Å². The molecule has 40 heavy (non-hydrogen) atoms. The van der Waals surface area contributed by atoms with E-state index in [1.54, 1.807) is 38.3 Å². The molecule has 0 spiro atoms. The number of ether oxygens (including phenoxy) is 1. The van der Waals surface area contributed by atoms with Gasteiger partial charge in [0, 0.05) is 42.2 Å². The van der Waals surface area contributed by atoms with Gasteiger partial charge in [-0.25, -0.2) is 4.98 Å². The maximum absolute atomic E-state index is 13.4. The number of halogens is 4. The highest BCUT2D eigenvalue weighted by Crippen LogP contribution is 2.29. The summed E-state index contributed by atoms with van der Waals surface area (Å²) in [6, 6.07) is 13.6. The number of amides is 2. The fourth-order valence-electron chi connectivity index (χ4n) is 4.11. The van der Waals surface area contributed by atoms with Crippen molar-refractivity contribution in [1.29, 1.82) is 0 Å². The average molecular weight is 574 g/mol. The molecule has 0 bridgehead atoms. The van der Waals surface area contributed by atoms with Crippen LogP contribution in [0.4, 0.5) is 30.5 Å². The summed E-state index contributed by atoms with van der Waals surface area (Å²) in [6.07, 6.45) is -5.02. The summed E-state index contributed by atoms with van der Waals surface area (Å²) in [4.78, 5) is 34.1. The van der Waals surface area contributed by atoms with Gasteiger partial charge in [-0.15, -0.1) is 0 Å². The van der Waals surface area contributed by atoms with Crippen molar-refractivity contribution < 1.29 is 27.5 Å². The molecular formula is C28H27ClF3N5O3. The van der Waals surface area contributed by atoms with Gasteiger partial charge in [-0.3, -0.25) is 9.59 Å². The van der Waals surface area contributed by atoms with Crippen LogP contribution in [0.1, 0.15) is 38.3 Å². The van der Waals surface area contributed by atoms with Gasteiger partial charge in [-0.05, 0) is 54.8 Å². The third-order valence-electron chi connectivity index (χ3n) is 6.08. The van der Waals surface area contributed by atoms with Crippen molar-refractivity contribution in [3.8, 4) is 0 Å². The Morgan fingerprint density at radius 2 is 1.77 bits per heavy atom. The molecule has 4 aromatic rings. The lowest BCUT2D eigenvalue weighted by Gasteiger charge is -2.13. The predicted octanol–water partition coefficient (Wildman–Crippen LogP) is 6.58. The lowest BCUT2D eigenvalue weighted by molar-refractivity contribution is -0.127. The van der Waals surface area contributed by atoms with Gasteiger partial charge in [0.1, 0.15) is 5.52 Å². The van der Waals surface area contributed by atoms with Gasteiger partial charge < -0.3 is 25.7 Å². The van der Waals surface area contributed by atoms with Crippen molar-refractivity contribution in [1.82, 2.24) is 9.97 Å². The van der Waals surface area contributed by atoms with Crippen molar-refractivity contribution >= 4 is 51.8 Å². The molecule has 0 aliphatic carbocycles. The van der Waals surface area contributed by atoms with Crippen molar-refractivity contribution in [2.45, 2.75) is 25.9 Å². The highest BCUT2D eigenvalue weighted by molar-refractivity contribution is 6.31. The van der Waals surface area contributed by atoms with Gasteiger partial charge in [-0.2, -0.15) is 13.2 Å². The van der Waals surface area contributed by atoms with Crippen LogP contribution in [0.5, 0.6) is 0 Å². The molecule has 0 atom stereocenters. The summed E-state index contributed by atoms with van der Waals surface area (Å²) >= 11 is 6.20. The number of benzene rings is 3. The van der Waals surface area contributed by atoms with E-state index in [2.05, 4.69) is 25.9 Å². The molecule has 1 heterocycles. The summed E-state index contributed by atoms with van der Waals surface area (Å²) in [5, 5.41) is 9.06. The smallest absolute Gasteiger partial charge is 0.385 e. The second kappa shape index (κ2) is 12.4. The number of imidazole rings is 1. The molecule has 0 fully saturated rings. The quantitative estimate of drug-likeness (QED) is 0.160. The number of nitrogens with one attached hydrogen (secondary N) is 4. The number of anilines is 3. The summed E-state index contributed by atoms with van der Waals surface area (Å²) in [5.41, 5.74) is 1.98. The zero-order chi connectivity index (χ0) is 28.9. The minimum atomic E-state index is -4.48. The monoisotopic (exact) mass is 573 g/mol. The summed E-state index contributed by atoms with van der Waals surface area (Å²) in [7, 11) is 1.60. The zero-order valence-electron chi connectivity index (χ0n) is 21.7. The predicted molar refractivity (Wildman–Crippen MR) is 149 cm³/mol. The van der Waals surface area contributed by atoms with E-state index >= 15 is 0 Å². The number of alkyl halides is 3. The molecule has 0 radical (unpaired) electrons. The van der Waals surface area contributed by atoms with Crippen LogP contribution >= 0.6 is 11.6 Å². The second-order valence-corrected chi connectivity index (χ2v) is 9.46. The molecule has 0 saturated carbocycles. The first-order valence-corrected chi connectivity index (χ1v) is 12.7. The molecule has 3 aromatic carbocycles. The van der Waals surface area contributed by atoms with E-state index in [0.717, 1.165) is 0 Å². The molecule has 4 N–H and O–H groups in total. The Morgan fingerprint density at radius 3 is 2.52 bits per heavy atom. The van der Waals surface area contributed by atoms with Gasteiger partial charge in [0.15, 0.2) is 0 Å². The van der Waals surface area contributed by atoms with Crippen LogP contribution in [0.15, 0.2) is 54.6 Å². The van der Waals surface area contributed by atoms with Crippen molar-refractivity contribution in [3.63, 3.8) is 0 Å². The third kappa shape index (κ3) is 7.10. The van der Waals surface area contributed by atoms with Gasteiger partial charge >= 0.3 is 6.18 Å². The van der Waals surface area contributed by atoms with Crippen molar-refractivity contribution in [2.75, 3.05) is 36.2 Å². The number of rotatable bonds is 10. The Hall–Kier alpha value is -4.09. The van der Waals surface area contributed by atoms with Crippen molar-refractivity contribution in [3.05, 3.63) is 81.9 Å². The number of carbonyl (C=O) groups excluding carboxylic acids is 2. The van der Waals surface area contributed by atoms with E-state index in [4.69, 9.17) is 16.3 Å². The van der Waals surface area contributed by atoms with Gasteiger partial charge in [-0.1, -0.05) is 35.9 Å². The molecular weight excluding hydrogens is 547 g/mol. The normalized spacial score (nSPS) is 11.4. The standard InChI is InChI=1S/C28H27ClF3N5O3/c1-16-21(29)9-5-10-22(16)35-26(39)20-13-18(14-23-24(20)37-27(36-23)33-11-6-12-40-2)34-25(38)19-8-4-3-7-17(19)15-28(30,31)32/h3-5,7-10,13-14H,6,11-12,15H2,1-2H3,(H,34,38)(H,35,39)(H2,33,36,37). The molecule has 2 amide bonds. The first kappa shape index (κ1) is 28.9. The number of methoxy groups -OCH3 is 1. The Morgan fingerprint density at radius 1 is 1.02 bits per heavy atom. The van der Waals surface area contributed by atoms with Crippen LogP contribution in [-0.4, -0.2) is 48.2 Å². The molecule has 0 saturated heterocycles. The molecule has 8 nitrogen and oxygen atoms in total. The summed E-state index contributed by atoms with van der Waals surface area (Å²) < 4.78 is 44.3. The first-order valence-electron chi connectivity index (χ1n) is 12.3. The van der Waals surface area contributed by atoms with Crippen LogP contribution in [0.2, 0.25) is 5.02 Å². The Bertz CT molecular complexity index is 1540. The van der Waals surface area contributed by atoms with E-state index in [-0.39, 0.29) is 22.4 Å². The maximum atomic E-state index is 13.4. The number of aromatic nitrogens is 2. The maximum Gasteiger partial charge on any atom is 0.393 e. The van der Waals surface area contributed by atoms with Crippen LogP contribution in [0, 0.1) is 6.92 Å². The third-order valence-corrected chi connectivity index (χ3v) is 6.49. The van der Waals surface area contributed by atoms with E-state index in [1.165, 1.54) is 30.3 Å². The number of aromatic amines is 1. The average Bonchev–Trinajstić information content (AvgIpc) is 3.31. The second-order valence-electron chi connectivity index (χ2n) is 9.05. The van der Waals surface area contributed by atoms with Crippen LogP contribution in [0.25, 0.3) is 11.0 Å². The van der Waals surface area contributed by atoms with Crippen molar-refractivity contribution in [2.24, 2.45) is 0 Å². The highest BCUT2D eigenvalue weighted by atomic mass is 35.5. The lowest BCUT2D eigenvalue weighted by Crippen LogP contribution is -2.19. The van der Waals surface area contributed by atoms with E-state index in [9.17, 15) is 22.8 Å². The molecule has 12 heteroatoms. The minimum Gasteiger partial charge on any atom is -0.385 e. The van der Waals surface area contributed by atoms with Gasteiger partial charge in [0.2, 0.25) is 5.95 Å². The zero-order valence-corrected chi connectivity index (χ0v) is 22.5. The molecule has 0 unspecified atom stereocenters. The SMILES string of the molecule is COCCCNc1nc2c(C(=O)Nc3cccc(Cl)c3C)cc(NC(=O)c3ccccc3CC(F)(F)F)cc2[nH]1. The van der Waals surface area contributed by atoms with Crippen LogP contribution < -0.4 is 16.0 Å². The fraction of sp³-hybridized carbons (Fsp3) is 0.250. The number of carbonyl (C=O) groups is 2. The Balaban J connectivity index is 1.69. The number of hydrogen-bond acceptors (Lipinski definition) is 5. The van der Waals surface area contributed by atoms with Crippen LogP contribution in [0.3, 0.4) is 0 Å². The van der Waals surface area contributed by atoms with Gasteiger partial charge in [0.25, 0.3) is 11.8 Å². The first-order chi connectivity index (χ1) is 19.1. The van der Waals surface area contributed by atoms with Crippen LogP contribution in [-0.2, 0) is 11.2 Å². The molecule has 1 aromatic heterocycles. The lowest BCUT2D eigenvalue weighted by atomic mass is 10.0. The van der Waals surface area contributed by atoms with E-state index < -0.39 is 24.4 Å².